The Kier molecular flexibility index (Phi) is 14.4. The average Bonchev–Trinajstić information content (AvgIpc) is 2.93. The van der Waals surface area contributed by atoms with E-state index in [9.17, 15) is 32.3 Å². The number of nitrogens with zero attached hydrogens (tertiary/aromatic N) is 2. The molecule has 0 unspecified atom stereocenters. The molecule has 43 heavy (non-hydrogen) atoms. The summed E-state index contributed by atoms with van der Waals surface area (Å²) in [6.07, 6.45) is -4.67. The van der Waals surface area contributed by atoms with Gasteiger partial charge >= 0.3 is 29.9 Å². The molecule has 2 N–H and O–H groups in total. The standard InChI is InChI=1S/C17H22F3NO3.C15H22N2O2/c1-11(2)13(4)21(9-14-8-6-5-7-12(14)3)15(22)16(23)24-10-17(18,19)20;1-10(2)12(4)17(15(19)14(16)18)9-13-8-6-5-7-11(13)3/h5-8,11,13H,9-10H2,1-4H3;5-8,10,12H,9H2,1-4H3,(H2,16,18)/t13-;12-/m00/s1. The van der Waals surface area contributed by atoms with Gasteiger partial charge in [-0.1, -0.05) is 76.2 Å². The molecule has 2 aromatic carbocycles. The van der Waals surface area contributed by atoms with Crippen LogP contribution in [0, 0.1) is 25.7 Å². The predicted molar refractivity (Wildman–Crippen MR) is 158 cm³/mol. The molecule has 8 nitrogen and oxygen atoms in total. The van der Waals surface area contributed by atoms with Crippen LogP contribution in [0.15, 0.2) is 48.5 Å². The number of nitrogens with two attached hydrogens (primary N) is 1. The lowest BCUT2D eigenvalue weighted by Crippen LogP contribution is -2.46. The Hall–Kier alpha value is -3.89. The van der Waals surface area contributed by atoms with Crippen molar-refractivity contribution in [1.82, 2.24) is 9.80 Å². The van der Waals surface area contributed by atoms with E-state index in [0.717, 1.165) is 22.3 Å². The molecule has 0 aromatic heterocycles. The van der Waals surface area contributed by atoms with Crippen LogP contribution in [0.5, 0.6) is 0 Å². The van der Waals surface area contributed by atoms with E-state index < -0.39 is 36.5 Å². The highest BCUT2D eigenvalue weighted by Gasteiger charge is 2.34. The molecule has 0 bridgehead atoms. The predicted octanol–water partition coefficient (Wildman–Crippen LogP) is 5.33. The lowest BCUT2D eigenvalue weighted by molar-refractivity contribution is -0.190. The fourth-order valence-electron chi connectivity index (χ4n) is 3.93. The van der Waals surface area contributed by atoms with Gasteiger partial charge in [0.15, 0.2) is 6.61 Å². The molecular weight excluding hydrogens is 563 g/mol. The highest BCUT2D eigenvalue weighted by atomic mass is 19.4. The molecule has 0 aliphatic carbocycles. The summed E-state index contributed by atoms with van der Waals surface area (Å²) in [6.45, 7) is 14.1. The van der Waals surface area contributed by atoms with E-state index >= 15 is 0 Å². The Labute approximate surface area is 252 Å². The zero-order valence-electron chi connectivity index (χ0n) is 26.2. The molecule has 2 aromatic rings. The lowest BCUT2D eigenvalue weighted by Gasteiger charge is -2.31. The van der Waals surface area contributed by atoms with Crippen molar-refractivity contribution in [3.05, 3.63) is 70.8 Å². The largest absolute Gasteiger partial charge is 0.449 e. The van der Waals surface area contributed by atoms with Crippen LogP contribution in [0.2, 0.25) is 0 Å². The van der Waals surface area contributed by atoms with Gasteiger partial charge in [-0.15, -0.1) is 0 Å². The molecule has 0 aliphatic rings. The van der Waals surface area contributed by atoms with E-state index in [1.54, 1.807) is 17.9 Å². The van der Waals surface area contributed by atoms with Gasteiger partial charge in [-0.25, -0.2) is 4.79 Å². The van der Waals surface area contributed by atoms with Crippen molar-refractivity contribution in [2.24, 2.45) is 17.6 Å². The molecule has 0 radical (unpaired) electrons. The van der Waals surface area contributed by atoms with Gasteiger partial charge in [-0.2, -0.15) is 13.2 Å². The van der Waals surface area contributed by atoms with Crippen molar-refractivity contribution in [3.8, 4) is 0 Å². The SMILES string of the molecule is Cc1ccccc1CN(C(=O)C(=O)OCC(F)(F)F)[C@@H](C)C(C)C.Cc1ccccc1CN(C(=O)C(N)=O)[C@@H](C)C(C)C. The van der Waals surface area contributed by atoms with Crippen LogP contribution in [0.3, 0.4) is 0 Å². The van der Waals surface area contributed by atoms with Crippen molar-refractivity contribution in [3.63, 3.8) is 0 Å². The fourth-order valence-corrected chi connectivity index (χ4v) is 3.93. The van der Waals surface area contributed by atoms with Crippen LogP contribution >= 0.6 is 0 Å². The van der Waals surface area contributed by atoms with Crippen LogP contribution in [0.25, 0.3) is 0 Å². The maximum atomic E-state index is 12.3. The smallest absolute Gasteiger partial charge is 0.422 e. The van der Waals surface area contributed by atoms with Crippen molar-refractivity contribution >= 4 is 23.7 Å². The molecule has 0 saturated heterocycles. The zero-order valence-corrected chi connectivity index (χ0v) is 26.2. The summed E-state index contributed by atoms with van der Waals surface area (Å²) in [7, 11) is 0. The number of aryl methyl sites for hydroxylation is 2. The summed E-state index contributed by atoms with van der Waals surface area (Å²) in [6, 6.07) is 14.8. The third-order valence-corrected chi connectivity index (χ3v) is 7.39. The lowest BCUT2D eigenvalue weighted by atomic mass is 10.0. The topological polar surface area (TPSA) is 110 Å². The number of hydrogen-bond acceptors (Lipinski definition) is 5. The Morgan fingerprint density at radius 1 is 0.721 bits per heavy atom. The summed E-state index contributed by atoms with van der Waals surface area (Å²) in [5.74, 6) is -3.80. The molecule has 11 heteroatoms. The number of esters is 1. The van der Waals surface area contributed by atoms with Gasteiger partial charge in [0.05, 0.1) is 0 Å². The van der Waals surface area contributed by atoms with Crippen molar-refractivity contribution in [1.29, 1.82) is 0 Å². The molecule has 0 heterocycles. The summed E-state index contributed by atoms with van der Waals surface area (Å²) in [5.41, 5.74) is 9.01. The van der Waals surface area contributed by atoms with E-state index in [0.29, 0.717) is 6.54 Å². The molecule has 2 rings (SSSR count). The second-order valence-electron chi connectivity index (χ2n) is 11.2. The van der Waals surface area contributed by atoms with Gasteiger partial charge in [-0.3, -0.25) is 14.4 Å². The minimum atomic E-state index is -4.67. The fraction of sp³-hybridized carbons (Fsp3) is 0.500. The zero-order chi connectivity index (χ0) is 33.1. The van der Waals surface area contributed by atoms with E-state index in [4.69, 9.17) is 5.73 Å². The quantitative estimate of drug-likeness (QED) is 0.306. The number of halogens is 3. The maximum Gasteiger partial charge on any atom is 0.422 e. The number of primary amides is 1. The Balaban J connectivity index is 0.000000442. The normalized spacial score (nSPS) is 12.6. The number of carbonyl (C=O) groups excluding carboxylic acids is 4. The summed E-state index contributed by atoms with van der Waals surface area (Å²) < 4.78 is 40.6. The summed E-state index contributed by atoms with van der Waals surface area (Å²) in [5, 5.41) is 0. The Morgan fingerprint density at radius 2 is 1.09 bits per heavy atom. The van der Waals surface area contributed by atoms with Gasteiger partial charge in [0.1, 0.15) is 0 Å². The van der Waals surface area contributed by atoms with Crippen LogP contribution in [-0.2, 0) is 37.0 Å². The van der Waals surface area contributed by atoms with Crippen LogP contribution in [0.1, 0.15) is 63.8 Å². The Morgan fingerprint density at radius 3 is 1.42 bits per heavy atom. The minimum absolute atomic E-state index is 0.0217. The second-order valence-corrected chi connectivity index (χ2v) is 11.2. The van der Waals surface area contributed by atoms with Gasteiger partial charge < -0.3 is 20.3 Å². The maximum absolute atomic E-state index is 12.3. The molecule has 3 amide bonds. The Bertz CT molecular complexity index is 1250. The number of benzene rings is 2. The van der Waals surface area contributed by atoms with Gasteiger partial charge in [0.2, 0.25) is 0 Å². The highest BCUT2D eigenvalue weighted by Crippen LogP contribution is 2.20. The monoisotopic (exact) mass is 607 g/mol. The van der Waals surface area contributed by atoms with Crippen LogP contribution < -0.4 is 5.73 Å². The van der Waals surface area contributed by atoms with E-state index in [1.807, 2.05) is 90.9 Å². The second kappa shape index (κ2) is 16.7. The number of hydrogen-bond donors (Lipinski definition) is 1. The van der Waals surface area contributed by atoms with Crippen LogP contribution in [0.4, 0.5) is 13.2 Å². The van der Waals surface area contributed by atoms with Gasteiger partial charge in [-0.05, 0) is 61.8 Å². The third kappa shape index (κ3) is 12.1. The molecule has 2 atom stereocenters. The van der Waals surface area contributed by atoms with Crippen LogP contribution in [-0.4, -0.2) is 58.4 Å². The van der Waals surface area contributed by atoms with Crippen molar-refractivity contribution < 1.29 is 37.1 Å². The number of amides is 3. The first-order valence-corrected chi connectivity index (χ1v) is 14.1. The first-order chi connectivity index (χ1) is 19.9. The van der Waals surface area contributed by atoms with E-state index in [2.05, 4.69) is 4.74 Å². The first-order valence-electron chi connectivity index (χ1n) is 14.1. The van der Waals surface area contributed by atoms with E-state index in [-0.39, 0.29) is 30.5 Å². The van der Waals surface area contributed by atoms with Crippen molar-refractivity contribution in [2.45, 2.75) is 86.7 Å². The highest BCUT2D eigenvalue weighted by molar-refractivity contribution is 6.34. The molecule has 0 fully saturated rings. The van der Waals surface area contributed by atoms with Gasteiger partial charge in [0.25, 0.3) is 0 Å². The molecule has 0 spiro atoms. The number of ether oxygens (including phenoxy) is 1. The minimum Gasteiger partial charge on any atom is -0.449 e. The van der Waals surface area contributed by atoms with Crippen molar-refractivity contribution in [2.75, 3.05) is 6.61 Å². The van der Waals surface area contributed by atoms with E-state index in [1.165, 1.54) is 4.90 Å². The molecule has 238 valence electrons. The summed E-state index contributed by atoms with van der Waals surface area (Å²) in [4.78, 5) is 50.0. The molecular formula is C32H44F3N3O5. The number of alkyl halides is 3. The summed E-state index contributed by atoms with van der Waals surface area (Å²) >= 11 is 0. The molecule has 0 aliphatic heterocycles. The third-order valence-electron chi connectivity index (χ3n) is 7.39. The molecule has 0 saturated carbocycles. The first kappa shape index (κ1) is 37.1. The number of carbonyl (C=O) groups is 4. The average molecular weight is 608 g/mol. The number of rotatable bonds is 9. The van der Waals surface area contributed by atoms with Gasteiger partial charge in [0, 0.05) is 25.2 Å².